The van der Waals surface area contributed by atoms with E-state index >= 15 is 0 Å². The average molecular weight is 282 g/mol. The molecule has 2 rings (SSSR count). The molecule has 1 aliphatic rings. The molecule has 0 saturated carbocycles. The molecule has 0 spiro atoms. The van der Waals surface area contributed by atoms with Crippen molar-refractivity contribution in [1.29, 1.82) is 0 Å². The minimum absolute atomic E-state index is 0.405. The lowest BCUT2D eigenvalue weighted by atomic mass is 9.85. The van der Waals surface area contributed by atoms with Gasteiger partial charge in [-0.25, -0.2) is 0 Å². The van der Waals surface area contributed by atoms with Crippen LogP contribution in [-0.4, -0.2) is 19.8 Å². The quantitative estimate of drug-likeness (QED) is 0.877. The van der Waals surface area contributed by atoms with Crippen molar-refractivity contribution in [2.45, 2.75) is 39.2 Å². The Labute approximate surface area is 121 Å². The van der Waals surface area contributed by atoms with Gasteiger partial charge in [0.1, 0.15) is 0 Å². The van der Waals surface area contributed by atoms with Crippen LogP contribution in [0.15, 0.2) is 18.2 Å². The molecule has 1 heterocycles. The van der Waals surface area contributed by atoms with E-state index in [2.05, 4.69) is 31.3 Å². The van der Waals surface area contributed by atoms with Gasteiger partial charge in [0.2, 0.25) is 0 Å². The molecule has 0 amide bonds. The summed E-state index contributed by atoms with van der Waals surface area (Å²) in [6, 6.07) is 6.63. The molecule has 1 unspecified atom stereocenters. The molecule has 19 heavy (non-hydrogen) atoms. The van der Waals surface area contributed by atoms with Crippen molar-refractivity contribution in [1.82, 2.24) is 5.32 Å². The summed E-state index contributed by atoms with van der Waals surface area (Å²) in [6.07, 6.45) is 3.42. The molecule has 1 N–H and O–H groups in total. The van der Waals surface area contributed by atoms with Gasteiger partial charge in [0, 0.05) is 24.3 Å². The monoisotopic (exact) mass is 281 g/mol. The van der Waals surface area contributed by atoms with Crippen molar-refractivity contribution in [2.75, 3.05) is 19.8 Å². The summed E-state index contributed by atoms with van der Waals surface area (Å²) in [5.41, 5.74) is 2.68. The first-order chi connectivity index (χ1) is 9.22. The van der Waals surface area contributed by atoms with Crippen molar-refractivity contribution in [2.24, 2.45) is 5.92 Å². The lowest BCUT2D eigenvalue weighted by Gasteiger charge is -2.32. The maximum Gasteiger partial charge on any atom is 0.0469 e. The van der Waals surface area contributed by atoms with E-state index in [0.717, 1.165) is 44.0 Å². The molecular weight excluding hydrogens is 258 g/mol. The number of halogens is 1. The van der Waals surface area contributed by atoms with Crippen LogP contribution in [0, 0.1) is 12.8 Å². The van der Waals surface area contributed by atoms with E-state index in [1.54, 1.807) is 0 Å². The normalized spacial score (nSPS) is 18.5. The number of nitrogens with one attached hydrogen (secondary N) is 1. The van der Waals surface area contributed by atoms with Crippen molar-refractivity contribution in [3.05, 3.63) is 34.3 Å². The molecule has 0 aromatic heterocycles. The van der Waals surface area contributed by atoms with Gasteiger partial charge < -0.3 is 10.1 Å². The standard InChI is InChI=1S/C16H24ClNO/c1-3-8-18-16(13-6-9-19-10-7-13)15-11-14(17)5-4-12(15)2/h4-5,11,13,16,18H,3,6-10H2,1-2H3. The van der Waals surface area contributed by atoms with E-state index in [1.807, 2.05) is 6.07 Å². The molecule has 1 aromatic carbocycles. The molecule has 0 bridgehead atoms. The molecule has 1 fully saturated rings. The second kappa shape index (κ2) is 7.28. The van der Waals surface area contributed by atoms with E-state index in [9.17, 15) is 0 Å². The Kier molecular flexibility index (Phi) is 5.68. The van der Waals surface area contributed by atoms with Gasteiger partial charge in [-0.1, -0.05) is 24.6 Å². The summed E-state index contributed by atoms with van der Waals surface area (Å²) >= 11 is 6.18. The van der Waals surface area contributed by atoms with Gasteiger partial charge in [-0.3, -0.25) is 0 Å². The predicted octanol–water partition coefficient (Wildman–Crippen LogP) is 4.12. The van der Waals surface area contributed by atoms with E-state index in [4.69, 9.17) is 16.3 Å². The molecule has 106 valence electrons. The highest BCUT2D eigenvalue weighted by atomic mass is 35.5. The Bertz CT molecular complexity index is 402. The number of aryl methyl sites for hydroxylation is 1. The lowest BCUT2D eigenvalue weighted by molar-refractivity contribution is 0.0535. The van der Waals surface area contributed by atoms with Gasteiger partial charge in [-0.2, -0.15) is 0 Å². The topological polar surface area (TPSA) is 21.3 Å². The van der Waals surface area contributed by atoms with E-state index in [0.29, 0.717) is 12.0 Å². The average Bonchev–Trinajstić information content (AvgIpc) is 2.44. The number of hydrogen-bond acceptors (Lipinski definition) is 2. The molecule has 1 aromatic rings. The minimum atomic E-state index is 0.405. The third kappa shape index (κ3) is 3.95. The van der Waals surface area contributed by atoms with Gasteiger partial charge in [-0.15, -0.1) is 0 Å². The van der Waals surface area contributed by atoms with Crippen LogP contribution in [0.4, 0.5) is 0 Å². The predicted molar refractivity (Wildman–Crippen MR) is 80.8 cm³/mol. The van der Waals surface area contributed by atoms with Gasteiger partial charge in [-0.05, 0) is 61.9 Å². The van der Waals surface area contributed by atoms with E-state index in [1.165, 1.54) is 11.1 Å². The Morgan fingerprint density at radius 2 is 2.11 bits per heavy atom. The first kappa shape index (κ1) is 14.8. The number of hydrogen-bond donors (Lipinski definition) is 1. The fourth-order valence-electron chi connectivity index (χ4n) is 2.83. The third-order valence-corrected chi connectivity index (χ3v) is 4.16. The molecule has 3 heteroatoms. The Balaban J connectivity index is 2.22. The summed E-state index contributed by atoms with van der Waals surface area (Å²) < 4.78 is 5.49. The Hall–Kier alpha value is -0.570. The summed E-state index contributed by atoms with van der Waals surface area (Å²) in [5.74, 6) is 0.650. The number of benzene rings is 1. The van der Waals surface area contributed by atoms with Crippen LogP contribution in [0.1, 0.15) is 43.4 Å². The minimum Gasteiger partial charge on any atom is -0.381 e. The van der Waals surface area contributed by atoms with Crippen LogP contribution in [0.5, 0.6) is 0 Å². The molecule has 1 saturated heterocycles. The third-order valence-electron chi connectivity index (χ3n) is 3.93. The van der Waals surface area contributed by atoms with Crippen LogP contribution < -0.4 is 5.32 Å². The molecule has 1 aliphatic heterocycles. The zero-order valence-electron chi connectivity index (χ0n) is 11.9. The van der Waals surface area contributed by atoms with Crippen molar-refractivity contribution in [3.63, 3.8) is 0 Å². The number of ether oxygens (including phenoxy) is 1. The molecule has 0 radical (unpaired) electrons. The maximum atomic E-state index is 6.18. The van der Waals surface area contributed by atoms with Crippen molar-refractivity contribution in [3.8, 4) is 0 Å². The van der Waals surface area contributed by atoms with E-state index < -0.39 is 0 Å². The van der Waals surface area contributed by atoms with Crippen LogP contribution in [0.25, 0.3) is 0 Å². The van der Waals surface area contributed by atoms with E-state index in [-0.39, 0.29) is 0 Å². The zero-order chi connectivity index (χ0) is 13.7. The molecular formula is C16H24ClNO. The Morgan fingerprint density at radius 3 is 2.79 bits per heavy atom. The summed E-state index contributed by atoms with van der Waals surface area (Å²) in [6.45, 7) is 7.20. The highest BCUT2D eigenvalue weighted by molar-refractivity contribution is 6.30. The van der Waals surface area contributed by atoms with Crippen LogP contribution in [-0.2, 0) is 4.74 Å². The smallest absolute Gasteiger partial charge is 0.0469 e. The van der Waals surface area contributed by atoms with Crippen LogP contribution >= 0.6 is 11.6 Å². The molecule has 2 nitrogen and oxygen atoms in total. The summed E-state index contributed by atoms with van der Waals surface area (Å²) in [7, 11) is 0. The largest absolute Gasteiger partial charge is 0.381 e. The lowest BCUT2D eigenvalue weighted by Crippen LogP contribution is -2.33. The van der Waals surface area contributed by atoms with Gasteiger partial charge in [0.05, 0.1) is 0 Å². The highest BCUT2D eigenvalue weighted by Gasteiger charge is 2.26. The van der Waals surface area contributed by atoms with Crippen molar-refractivity contribution >= 4 is 11.6 Å². The zero-order valence-corrected chi connectivity index (χ0v) is 12.7. The maximum absolute atomic E-state index is 6.18. The van der Waals surface area contributed by atoms with Crippen LogP contribution in [0.2, 0.25) is 5.02 Å². The van der Waals surface area contributed by atoms with Crippen molar-refractivity contribution < 1.29 is 4.74 Å². The molecule has 0 aliphatic carbocycles. The summed E-state index contributed by atoms with van der Waals surface area (Å²) in [5, 5.41) is 4.54. The second-order valence-corrected chi connectivity index (χ2v) is 5.82. The molecule has 1 atom stereocenters. The Morgan fingerprint density at radius 1 is 1.37 bits per heavy atom. The van der Waals surface area contributed by atoms with Crippen LogP contribution in [0.3, 0.4) is 0 Å². The van der Waals surface area contributed by atoms with Gasteiger partial charge in [0.25, 0.3) is 0 Å². The fraction of sp³-hybridized carbons (Fsp3) is 0.625. The second-order valence-electron chi connectivity index (χ2n) is 5.38. The summed E-state index contributed by atoms with van der Waals surface area (Å²) in [4.78, 5) is 0. The fourth-order valence-corrected chi connectivity index (χ4v) is 3.01. The first-order valence-corrected chi connectivity index (χ1v) is 7.67. The number of rotatable bonds is 5. The SMILES string of the molecule is CCCNC(c1cc(Cl)ccc1C)C1CCOCC1. The van der Waals surface area contributed by atoms with Gasteiger partial charge >= 0.3 is 0 Å². The van der Waals surface area contributed by atoms with Gasteiger partial charge in [0.15, 0.2) is 0 Å². The first-order valence-electron chi connectivity index (χ1n) is 7.29. The highest BCUT2D eigenvalue weighted by Crippen LogP contribution is 2.33.